The third kappa shape index (κ3) is 6.38. The van der Waals surface area contributed by atoms with Crippen molar-refractivity contribution in [2.24, 2.45) is 5.92 Å². The lowest BCUT2D eigenvalue weighted by molar-refractivity contribution is -0.143. The number of carboxylic acid groups (broad SMARTS) is 1. The van der Waals surface area contributed by atoms with Gasteiger partial charge in [0.1, 0.15) is 0 Å². The number of nitrogens with one attached hydrogen (secondary N) is 1. The summed E-state index contributed by atoms with van der Waals surface area (Å²) in [6, 6.07) is -0.976. The average Bonchev–Trinajstić information content (AvgIpc) is 2.38. The molecule has 0 heterocycles. The number of amides is 1. The normalized spacial score (nSPS) is 17.7. The molecule has 108 valence electrons. The molecule has 1 atom stereocenters. The summed E-state index contributed by atoms with van der Waals surface area (Å²) in [6.45, 7) is 3.73. The fourth-order valence-corrected chi connectivity index (χ4v) is 2.35. The van der Waals surface area contributed by atoms with E-state index in [9.17, 15) is 9.59 Å². The van der Waals surface area contributed by atoms with Gasteiger partial charge in [-0.15, -0.1) is 6.58 Å². The molecule has 1 aliphatic rings. The Morgan fingerprint density at radius 1 is 1.37 bits per heavy atom. The van der Waals surface area contributed by atoms with Gasteiger partial charge in [-0.2, -0.15) is 0 Å². The van der Waals surface area contributed by atoms with Crippen LogP contribution in [0, 0.1) is 5.92 Å². The average molecular weight is 269 g/mol. The molecule has 2 N–H and O–H groups in total. The maximum atomic E-state index is 11.8. The number of ether oxygens (including phenoxy) is 1. The first-order valence-corrected chi connectivity index (χ1v) is 6.84. The number of carbonyl (C=O) groups excluding carboxylic acids is 1. The van der Waals surface area contributed by atoms with Crippen LogP contribution in [0.3, 0.4) is 0 Å². The summed E-state index contributed by atoms with van der Waals surface area (Å²) >= 11 is 0. The Labute approximate surface area is 114 Å². The molecule has 0 radical (unpaired) electrons. The number of carbonyl (C=O) groups is 2. The van der Waals surface area contributed by atoms with E-state index in [4.69, 9.17) is 9.84 Å². The van der Waals surface area contributed by atoms with Gasteiger partial charge >= 0.3 is 5.97 Å². The molecule has 0 bridgehead atoms. The number of aliphatic carboxylic acids is 1. The minimum atomic E-state index is -1.07. The van der Waals surface area contributed by atoms with Gasteiger partial charge in [0.25, 0.3) is 0 Å². The van der Waals surface area contributed by atoms with Gasteiger partial charge in [0.15, 0.2) is 6.04 Å². The van der Waals surface area contributed by atoms with Gasteiger partial charge in [-0.25, -0.2) is 4.79 Å². The Hall–Kier alpha value is -1.36. The third-order valence-corrected chi connectivity index (χ3v) is 3.35. The van der Waals surface area contributed by atoms with Crippen molar-refractivity contribution >= 4 is 11.9 Å². The Bertz CT molecular complexity index is 311. The highest BCUT2D eigenvalue weighted by molar-refractivity contribution is 5.83. The van der Waals surface area contributed by atoms with E-state index in [1.165, 1.54) is 19.3 Å². The van der Waals surface area contributed by atoms with Gasteiger partial charge in [-0.1, -0.05) is 25.3 Å². The monoisotopic (exact) mass is 269 g/mol. The van der Waals surface area contributed by atoms with E-state index in [1.807, 2.05) is 0 Å². The van der Waals surface area contributed by atoms with Crippen LogP contribution in [0.15, 0.2) is 12.7 Å². The molecule has 19 heavy (non-hydrogen) atoms. The molecule has 0 saturated heterocycles. The van der Waals surface area contributed by atoms with Gasteiger partial charge in [0.2, 0.25) is 5.91 Å². The zero-order chi connectivity index (χ0) is 14.1. The topological polar surface area (TPSA) is 75.6 Å². The highest BCUT2D eigenvalue weighted by Gasteiger charge is 2.22. The highest BCUT2D eigenvalue weighted by atomic mass is 16.5. The van der Waals surface area contributed by atoms with Crippen LogP contribution in [0.5, 0.6) is 0 Å². The van der Waals surface area contributed by atoms with Crippen LogP contribution in [0.25, 0.3) is 0 Å². The van der Waals surface area contributed by atoms with E-state index in [2.05, 4.69) is 11.9 Å². The molecule has 5 heteroatoms. The zero-order valence-corrected chi connectivity index (χ0v) is 11.3. The maximum absolute atomic E-state index is 11.8. The van der Waals surface area contributed by atoms with Gasteiger partial charge in [-0.05, 0) is 18.8 Å². The van der Waals surface area contributed by atoms with Gasteiger partial charge < -0.3 is 15.2 Å². The molecule has 0 spiro atoms. The summed E-state index contributed by atoms with van der Waals surface area (Å²) in [4.78, 5) is 22.8. The first-order valence-electron chi connectivity index (χ1n) is 6.84. The second kappa shape index (κ2) is 8.69. The van der Waals surface area contributed by atoms with Crippen molar-refractivity contribution in [3.8, 4) is 0 Å². The number of hydrogen-bond donors (Lipinski definition) is 2. The Balaban J connectivity index is 2.33. The predicted octanol–water partition coefficient (Wildman–Crippen LogP) is 1.73. The highest BCUT2D eigenvalue weighted by Crippen LogP contribution is 2.26. The molecule has 1 aliphatic carbocycles. The minimum absolute atomic E-state index is 0.0300. The lowest BCUT2D eigenvalue weighted by Gasteiger charge is -2.22. The molecule has 0 aliphatic heterocycles. The minimum Gasteiger partial charge on any atom is -0.480 e. The van der Waals surface area contributed by atoms with E-state index in [0.717, 1.165) is 12.8 Å². The standard InChI is InChI=1S/C14H23NO4/c1-2-8-19-10-12(14(17)18)15-13(16)9-11-6-4-3-5-7-11/h2,11-12H,1,3-10H2,(H,15,16)(H,17,18). The number of hydrogen-bond acceptors (Lipinski definition) is 3. The largest absolute Gasteiger partial charge is 0.480 e. The molecule has 1 unspecified atom stereocenters. The summed E-state index contributed by atoms with van der Waals surface area (Å²) in [5.74, 6) is -0.861. The quantitative estimate of drug-likeness (QED) is 0.520. The van der Waals surface area contributed by atoms with Crippen molar-refractivity contribution < 1.29 is 19.4 Å². The molecule has 1 saturated carbocycles. The van der Waals surface area contributed by atoms with E-state index in [0.29, 0.717) is 12.3 Å². The maximum Gasteiger partial charge on any atom is 0.328 e. The van der Waals surface area contributed by atoms with Gasteiger partial charge in [-0.3, -0.25) is 4.79 Å². The van der Waals surface area contributed by atoms with Crippen LogP contribution in [0.1, 0.15) is 38.5 Å². The Morgan fingerprint density at radius 3 is 2.63 bits per heavy atom. The molecular weight excluding hydrogens is 246 g/mol. The lowest BCUT2D eigenvalue weighted by Crippen LogP contribution is -2.44. The Kier molecular flexibility index (Phi) is 7.18. The second-order valence-corrected chi connectivity index (χ2v) is 4.99. The van der Waals surface area contributed by atoms with E-state index >= 15 is 0 Å². The van der Waals surface area contributed by atoms with E-state index < -0.39 is 12.0 Å². The summed E-state index contributed by atoms with van der Waals surface area (Å²) in [6.07, 6.45) is 7.68. The van der Waals surface area contributed by atoms with Crippen molar-refractivity contribution in [2.45, 2.75) is 44.6 Å². The first kappa shape index (κ1) is 15.7. The lowest BCUT2D eigenvalue weighted by atomic mass is 9.87. The van der Waals surface area contributed by atoms with Crippen molar-refractivity contribution in [1.29, 1.82) is 0 Å². The fourth-order valence-electron chi connectivity index (χ4n) is 2.35. The zero-order valence-electron chi connectivity index (χ0n) is 11.3. The SMILES string of the molecule is C=CCOCC(NC(=O)CC1CCCCC1)C(=O)O. The summed E-state index contributed by atoms with van der Waals surface area (Å²) in [7, 11) is 0. The molecule has 5 nitrogen and oxygen atoms in total. The number of carboxylic acids is 1. The molecule has 1 rings (SSSR count). The summed E-state index contributed by atoms with van der Waals surface area (Å²) in [5.41, 5.74) is 0. The summed E-state index contributed by atoms with van der Waals surface area (Å²) < 4.78 is 5.08. The van der Waals surface area contributed by atoms with Crippen molar-refractivity contribution in [3.05, 3.63) is 12.7 Å². The molecule has 1 amide bonds. The van der Waals surface area contributed by atoms with Crippen LogP contribution < -0.4 is 5.32 Å². The van der Waals surface area contributed by atoms with Gasteiger partial charge in [0, 0.05) is 6.42 Å². The van der Waals surface area contributed by atoms with Crippen LogP contribution in [-0.4, -0.2) is 36.2 Å². The van der Waals surface area contributed by atoms with Crippen LogP contribution in [0.2, 0.25) is 0 Å². The smallest absolute Gasteiger partial charge is 0.328 e. The van der Waals surface area contributed by atoms with E-state index in [-0.39, 0.29) is 19.1 Å². The molecule has 0 aromatic rings. The second-order valence-electron chi connectivity index (χ2n) is 4.99. The molecule has 0 aromatic heterocycles. The fraction of sp³-hybridized carbons (Fsp3) is 0.714. The van der Waals surface area contributed by atoms with Gasteiger partial charge in [0.05, 0.1) is 13.2 Å². The van der Waals surface area contributed by atoms with Crippen LogP contribution in [0.4, 0.5) is 0 Å². The van der Waals surface area contributed by atoms with Crippen LogP contribution in [-0.2, 0) is 14.3 Å². The van der Waals surface area contributed by atoms with Crippen molar-refractivity contribution in [1.82, 2.24) is 5.32 Å². The van der Waals surface area contributed by atoms with E-state index in [1.54, 1.807) is 6.08 Å². The first-order chi connectivity index (χ1) is 9.13. The third-order valence-electron chi connectivity index (χ3n) is 3.35. The number of rotatable bonds is 8. The van der Waals surface area contributed by atoms with Crippen molar-refractivity contribution in [2.75, 3.05) is 13.2 Å². The molecule has 0 aromatic carbocycles. The van der Waals surface area contributed by atoms with Crippen LogP contribution >= 0.6 is 0 Å². The summed E-state index contributed by atoms with van der Waals surface area (Å²) in [5, 5.41) is 11.5. The molecule has 1 fully saturated rings. The van der Waals surface area contributed by atoms with Crippen molar-refractivity contribution in [3.63, 3.8) is 0 Å². The molecular formula is C14H23NO4. The Morgan fingerprint density at radius 2 is 2.05 bits per heavy atom. The predicted molar refractivity (Wildman–Crippen MR) is 71.8 cm³/mol.